The molecule has 14 heavy (non-hydrogen) atoms. The number of aromatic nitrogens is 1. The van der Waals surface area contributed by atoms with Gasteiger partial charge in [0, 0.05) is 23.5 Å². The molecule has 0 saturated carbocycles. The van der Waals surface area contributed by atoms with Crippen molar-refractivity contribution >= 4 is 22.5 Å². The molecule has 2 aromatic rings. The summed E-state index contributed by atoms with van der Waals surface area (Å²) in [6, 6.07) is 7.93. The number of hydrogen-bond donors (Lipinski definition) is 0. The van der Waals surface area contributed by atoms with Crippen molar-refractivity contribution in [1.82, 2.24) is 4.57 Å². The summed E-state index contributed by atoms with van der Waals surface area (Å²) in [6.45, 7) is 0. The Morgan fingerprint density at radius 2 is 2.07 bits per heavy atom. The molecule has 1 aromatic carbocycles. The highest BCUT2D eigenvalue weighted by atomic mass is 32.2. The van der Waals surface area contributed by atoms with Gasteiger partial charge in [0.2, 0.25) is 0 Å². The van der Waals surface area contributed by atoms with Crippen molar-refractivity contribution in [2.75, 3.05) is 6.26 Å². The second kappa shape index (κ2) is 3.50. The summed E-state index contributed by atoms with van der Waals surface area (Å²) in [4.78, 5) is 12.9. The van der Waals surface area contributed by atoms with Crippen LogP contribution in [-0.4, -0.2) is 10.8 Å². The summed E-state index contributed by atoms with van der Waals surface area (Å²) in [5, 5.41) is 1.80. The number of pyridine rings is 1. The maximum atomic E-state index is 11.8. The third-order valence-corrected chi connectivity index (χ3v) is 3.01. The second-order valence-electron chi connectivity index (χ2n) is 3.18. The average molecular weight is 205 g/mol. The van der Waals surface area contributed by atoms with Crippen LogP contribution >= 0.6 is 11.8 Å². The minimum atomic E-state index is 0.0680. The molecular formula is C11H11NOS. The Morgan fingerprint density at radius 3 is 2.79 bits per heavy atom. The Labute approximate surface area is 86.6 Å². The maximum Gasteiger partial charge on any atom is 0.258 e. The van der Waals surface area contributed by atoms with Gasteiger partial charge < -0.3 is 4.57 Å². The molecule has 1 aromatic heterocycles. The lowest BCUT2D eigenvalue weighted by molar-refractivity contribution is 0.873. The summed E-state index contributed by atoms with van der Waals surface area (Å²) in [5.74, 6) is 0. The van der Waals surface area contributed by atoms with Gasteiger partial charge in [0.05, 0.1) is 0 Å². The van der Waals surface area contributed by atoms with Crippen molar-refractivity contribution in [1.29, 1.82) is 0 Å². The first-order valence-corrected chi connectivity index (χ1v) is 5.58. The molecule has 1 heterocycles. The van der Waals surface area contributed by atoms with Crippen molar-refractivity contribution in [2.24, 2.45) is 7.05 Å². The van der Waals surface area contributed by atoms with Crippen molar-refractivity contribution in [3.63, 3.8) is 0 Å². The Morgan fingerprint density at radius 1 is 1.29 bits per heavy atom. The van der Waals surface area contributed by atoms with Crippen LogP contribution in [0.4, 0.5) is 0 Å². The quantitative estimate of drug-likeness (QED) is 0.666. The first-order valence-electron chi connectivity index (χ1n) is 4.36. The summed E-state index contributed by atoms with van der Waals surface area (Å²) in [5.41, 5.74) is 0.0680. The summed E-state index contributed by atoms with van der Waals surface area (Å²) >= 11 is 1.65. The number of aryl methyl sites for hydroxylation is 1. The number of nitrogens with zero attached hydrogens (tertiary/aromatic N) is 1. The van der Waals surface area contributed by atoms with Crippen LogP contribution in [0.3, 0.4) is 0 Å². The average Bonchev–Trinajstić information content (AvgIpc) is 2.23. The number of benzene rings is 1. The minimum absolute atomic E-state index is 0.0680. The van der Waals surface area contributed by atoms with Gasteiger partial charge in [-0.3, -0.25) is 4.79 Å². The van der Waals surface area contributed by atoms with Gasteiger partial charge in [-0.1, -0.05) is 6.07 Å². The molecule has 0 bridgehead atoms. The van der Waals surface area contributed by atoms with E-state index in [9.17, 15) is 4.79 Å². The molecule has 0 amide bonds. The standard InChI is InChI=1S/C11H11NOS/c1-12-6-5-8-3-4-9(14-2)7-10(8)11(12)13/h3-7H,1-2H3. The molecule has 72 valence electrons. The fraction of sp³-hybridized carbons (Fsp3) is 0.182. The van der Waals surface area contributed by atoms with E-state index in [-0.39, 0.29) is 5.56 Å². The van der Waals surface area contributed by atoms with E-state index in [4.69, 9.17) is 0 Å². The van der Waals surface area contributed by atoms with Gasteiger partial charge in [0.15, 0.2) is 0 Å². The van der Waals surface area contributed by atoms with Gasteiger partial charge in [0.1, 0.15) is 0 Å². The molecule has 0 N–H and O–H groups in total. The Kier molecular flexibility index (Phi) is 2.33. The predicted molar refractivity (Wildman–Crippen MR) is 61.0 cm³/mol. The third kappa shape index (κ3) is 1.44. The van der Waals surface area contributed by atoms with Crippen molar-refractivity contribution < 1.29 is 0 Å². The van der Waals surface area contributed by atoms with E-state index in [1.54, 1.807) is 29.6 Å². The summed E-state index contributed by atoms with van der Waals surface area (Å²) < 4.78 is 1.60. The fourth-order valence-electron chi connectivity index (χ4n) is 1.44. The monoisotopic (exact) mass is 205 g/mol. The maximum absolute atomic E-state index is 11.8. The van der Waals surface area contributed by atoms with Gasteiger partial charge >= 0.3 is 0 Å². The normalized spacial score (nSPS) is 10.7. The van der Waals surface area contributed by atoms with Gasteiger partial charge in [-0.05, 0) is 29.8 Å². The Bertz CT molecular complexity index is 530. The van der Waals surface area contributed by atoms with E-state index in [0.29, 0.717) is 0 Å². The Hall–Kier alpha value is -1.22. The zero-order valence-corrected chi connectivity index (χ0v) is 8.97. The van der Waals surface area contributed by atoms with Crippen LogP contribution < -0.4 is 5.56 Å². The highest BCUT2D eigenvalue weighted by Gasteiger charge is 2.00. The van der Waals surface area contributed by atoms with Gasteiger partial charge in [-0.2, -0.15) is 0 Å². The van der Waals surface area contributed by atoms with E-state index in [1.807, 2.05) is 30.5 Å². The number of rotatable bonds is 1. The van der Waals surface area contributed by atoms with Crippen LogP contribution in [-0.2, 0) is 7.05 Å². The fourth-order valence-corrected chi connectivity index (χ4v) is 1.88. The van der Waals surface area contributed by atoms with Gasteiger partial charge in [-0.25, -0.2) is 0 Å². The largest absolute Gasteiger partial charge is 0.318 e. The smallest absolute Gasteiger partial charge is 0.258 e. The SMILES string of the molecule is CSc1ccc2ccn(C)c(=O)c2c1. The predicted octanol–water partition coefficient (Wildman–Crippen LogP) is 2.26. The van der Waals surface area contributed by atoms with Crippen LogP contribution in [0.2, 0.25) is 0 Å². The van der Waals surface area contributed by atoms with E-state index in [2.05, 4.69) is 0 Å². The lowest BCUT2D eigenvalue weighted by Crippen LogP contribution is -2.15. The van der Waals surface area contributed by atoms with Crippen molar-refractivity contribution in [3.05, 3.63) is 40.8 Å². The molecule has 0 spiro atoms. The molecule has 0 fully saturated rings. The summed E-state index contributed by atoms with van der Waals surface area (Å²) in [7, 11) is 1.77. The highest BCUT2D eigenvalue weighted by Crippen LogP contribution is 2.19. The molecule has 0 radical (unpaired) electrons. The third-order valence-electron chi connectivity index (χ3n) is 2.29. The van der Waals surface area contributed by atoms with Crippen LogP contribution in [0, 0.1) is 0 Å². The molecule has 0 atom stereocenters. The zero-order valence-electron chi connectivity index (χ0n) is 8.15. The lowest BCUT2D eigenvalue weighted by Gasteiger charge is -2.02. The second-order valence-corrected chi connectivity index (χ2v) is 4.06. The zero-order chi connectivity index (χ0) is 10.1. The minimum Gasteiger partial charge on any atom is -0.318 e. The van der Waals surface area contributed by atoms with Crippen molar-refractivity contribution in [2.45, 2.75) is 4.90 Å². The molecule has 0 aliphatic carbocycles. The van der Waals surface area contributed by atoms with E-state index in [1.165, 1.54) is 0 Å². The molecule has 0 aliphatic heterocycles. The molecule has 0 unspecified atom stereocenters. The number of hydrogen-bond acceptors (Lipinski definition) is 2. The number of thioether (sulfide) groups is 1. The molecule has 0 saturated heterocycles. The van der Waals surface area contributed by atoms with E-state index >= 15 is 0 Å². The van der Waals surface area contributed by atoms with Gasteiger partial charge in [-0.15, -0.1) is 11.8 Å². The molecule has 2 nitrogen and oxygen atoms in total. The first kappa shape index (κ1) is 9.34. The molecular weight excluding hydrogens is 194 g/mol. The van der Waals surface area contributed by atoms with E-state index in [0.717, 1.165) is 15.7 Å². The molecule has 3 heteroatoms. The molecule has 0 aliphatic rings. The van der Waals surface area contributed by atoms with Crippen LogP contribution in [0.1, 0.15) is 0 Å². The summed E-state index contributed by atoms with van der Waals surface area (Å²) in [6.07, 6.45) is 3.80. The van der Waals surface area contributed by atoms with Crippen LogP contribution in [0.5, 0.6) is 0 Å². The first-order chi connectivity index (χ1) is 6.72. The van der Waals surface area contributed by atoms with Crippen LogP contribution in [0.25, 0.3) is 10.8 Å². The Balaban J connectivity index is 2.85. The molecule has 2 rings (SSSR count). The topological polar surface area (TPSA) is 22.0 Å². The van der Waals surface area contributed by atoms with Crippen molar-refractivity contribution in [3.8, 4) is 0 Å². The van der Waals surface area contributed by atoms with Crippen LogP contribution in [0.15, 0.2) is 40.2 Å². The van der Waals surface area contributed by atoms with Gasteiger partial charge in [0.25, 0.3) is 5.56 Å². The number of fused-ring (bicyclic) bond motifs is 1. The lowest BCUT2D eigenvalue weighted by atomic mass is 10.2. The highest BCUT2D eigenvalue weighted by molar-refractivity contribution is 7.98. The van der Waals surface area contributed by atoms with E-state index < -0.39 is 0 Å².